The maximum atomic E-state index is 12.1. The second-order valence-corrected chi connectivity index (χ2v) is 5.45. The van der Waals surface area contributed by atoms with Gasteiger partial charge in [0.1, 0.15) is 0 Å². The minimum Gasteiger partial charge on any atom is -0.352 e. The number of carbonyl (C=O) groups is 1. The molecule has 1 aromatic carbocycles. The SMILES string of the molecule is Cc1ccc(C(=O)NCCc2nccs2)cc1C#CCN. The topological polar surface area (TPSA) is 68.0 Å². The van der Waals surface area contributed by atoms with Crippen LogP contribution in [0.4, 0.5) is 0 Å². The van der Waals surface area contributed by atoms with Crippen LogP contribution in [0, 0.1) is 18.8 Å². The van der Waals surface area contributed by atoms with Crippen molar-refractivity contribution in [1.29, 1.82) is 0 Å². The summed E-state index contributed by atoms with van der Waals surface area (Å²) in [5.41, 5.74) is 7.87. The molecule has 1 amide bonds. The van der Waals surface area contributed by atoms with Crippen LogP contribution in [0.2, 0.25) is 0 Å². The summed E-state index contributed by atoms with van der Waals surface area (Å²) in [5, 5.41) is 5.85. The average molecular weight is 299 g/mol. The molecule has 0 radical (unpaired) electrons. The fourth-order valence-corrected chi connectivity index (χ4v) is 2.43. The molecule has 0 spiro atoms. The minimum absolute atomic E-state index is 0.0950. The van der Waals surface area contributed by atoms with E-state index >= 15 is 0 Å². The lowest BCUT2D eigenvalue weighted by molar-refractivity contribution is 0.0954. The first-order chi connectivity index (χ1) is 10.2. The molecule has 0 aliphatic rings. The zero-order valence-electron chi connectivity index (χ0n) is 11.8. The van der Waals surface area contributed by atoms with Crippen molar-refractivity contribution >= 4 is 17.2 Å². The number of aryl methyl sites for hydroxylation is 1. The molecule has 0 aliphatic heterocycles. The fourth-order valence-electron chi connectivity index (χ4n) is 1.81. The lowest BCUT2D eigenvalue weighted by atomic mass is 10.0. The lowest BCUT2D eigenvalue weighted by Crippen LogP contribution is -2.25. The van der Waals surface area contributed by atoms with Crippen molar-refractivity contribution in [1.82, 2.24) is 10.3 Å². The molecule has 108 valence electrons. The third kappa shape index (κ3) is 4.42. The highest BCUT2D eigenvalue weighted by atomic mass is 32.1. The highest BCUT2D eigenvalue weighted by Gasteiger charge is 2.07. The van der Waals surface area contributed by atoms with E-state index in [1.807, 2.05) is 24.4 Å². The summed E-state index contributed by atoms with van der Waals surface area (Å²) < 4.78 is 0. The van der Waals surface area contributed by atoms with Gasteiger partial charge in [0.2, 0.25) is 0 Å². The molecule has 0 fully saturated rings. The molecule has 0 saturated carbocycles. The maximum absolute atomic E-state index is 12.1. The van der Waals surface area contributed by atoms with Gasteiger partial charge in [0.25, 0.3) is 5.91 Å². The second-order valence-electron chi connectivity index (χ2n) is 4.47. The zero-order valence-corrected chi connectivity index (χ0v) is 12.7. The molecule has 3 N–H and O–H groups in total. The molecule has 4 nitrogen and oxygen atoms in total. The third-order valence-corrected chi connectivity index (χ3v) is 3.77. The Hall–Kier alpha value is -2.16. The van der Waals surface area contributed by atoms with Gasteiger partial charge in [-0.15, -0.1) is 11.3 Å². The first kappa shape index (κ1) is 15.2. The summed E-state index contributed by atoms with van der Waals surface area (Å²) >= 11 is 1.59. The Bertz CT molecular complexity index is 669. The monoisotopic (exact) mass is 299 g/mol. The minimum atomic E-state index is -0.0950. The first-order valence-corrected chi connectivity index (χ1v) is 7.55. The molecular formula is C16H17N3OS. The number of aromatic nitrogens is 1. The number of nitrogens with one attached hydrogen (secondary N) is 1. The smallest absolute Gasteiger partial charge is 0.251 e. The summed E-state index contributed by atoms with van der Waals surface area (Å²) in [5.74, 6) is 5.70. The van der Waals surface area contributed by atoms with Gasteiger partial charge in [-0.05, 0) is 24.6 Å². The fraction of sp³-hybridized carbons (Fsp3) is 0.250. The quantitative estimate of drug-likeness (QED) is 0.845. The number of carbonyl (C=O) groups excluding carboxylic acids is 1. The molecule has 5 heteroatoms. The molecule has 2 rings (SSSR count). The van der Waals surface area contributed by atoms with Crippen LogP contribution < -0.4 is 11.1 Å². The Labute approximate surface area is 128 Å². The van der Waals surface area contributed by atoms with Crippen molar-refractivity contribution in [3.63, 3.8) is 0 Å². The van der Waals surface area contributed by atoms with Gasteiger partial charge in [-0.2, -0.15) is 0 Å². The van der Waals surface area contributed by atoms with Crippen LogP contribution in [0.15, 0.2) is 29.8 Å². The number of rotatable bonds is 4. The van der Waals surface area contributed by atoms with Gasteiger partial charge in [-0.3, -0.25) is 4.79 Å². The van der Waals surface area contributed by atoms with E-state index < -0.39 is 0 Å². The Morgan fingerprint density at radius 2 is 2.33 bits per heavy atom. The second kappa shape index (κ2) is 7.58. The number of thiazole rings is 1. The molecule has 0 unspecified atom stereocenters. The van der Waals surface area contributed by atoms with E-state index in [9.17, 15) is 4.79 Å². The Balaban J connectivity index is 1.98. The highest BCUT2D eigenvalue weighted by molar-refractivity contribution is 7.09. The summed E-state index contributed by atoms with van der Waals surface area (Å²) in [6, 6.07) is 5.51. The van der Waals surface area contributed by atoms with Gasteiger partial charge in [-0.25, -0.2) is 4.98 Å². The van der Waals surface area contributed by atoms with E-state index in [1.54, 1.807) is 23.6 Å². The normalized spacial score (nSPS) is 9.81. The number of hydrogen-bond acceptors (Lipinski definition) is 4. The van der Waals surface area contributed by atoms with E-state index in [-0.39, 0.29) is 5.91 Å². The zero-order chi connectivity index (χ0) is 15.1. The van der Waals surface area contributed by atoms with Crippen LogP contribution in [0.1, 0.15) is 26.5 Å². The largest absolute Gasteiger partial charge is 0.352 e. The summed E-state index contributed by atoms with van der Waals surface area (Å²) in [6.45, 7) is 2.85. The summed E-state index contributed by atoms with van der Waals surface area (Å²) in [7, 11) is 0. The van der Waals surface area contributed by atoms with Crippen molar-refractivity contribution in [2.45, 2.75) is 13.3 Å². The average Bonchev–Trinajstić information content (AvgIpc) is 2.99. The molecule has 0 saturated heterocycles. The number of hydrogen-bond donors (Lipinski definition) is 2. The van der Waals surface area contributed by atoms with Crippen molar-refractivity contribution in [2.24, 2.45) is 5.73 Å². The van der Waals surface area contributed by atoms with E-state index in [0.29, 0.717) is 18.7 Å². The van der Waals surface area contributed by atoms with Gasteiger partial charge in [-0.1, -0.05) is 17.9 Å². The van der Waals surface area contributed by atoms with Crippen LogP contribution >= 0.6 is 11.3 Å². The molecule has 2 aromatic rings. The number of benzene rings is 1. The molecule has 21 heavy (non-hydrogen) atoms. The van der Waals surface area contributed by atoms with E-state index in [0.717, 1.165) is 22.6 Å². The van der Waals surface area contributed by atoms with Crippen molar-refractivity contribution < 1.29 is 4.79 Å². The van der Waals surface area contributed by atoms with Crippen LogP contribution in [0.3, 0.4) is 0 Å². The number of nitrogens with two attached hydrogens (primary N) is 1. The molecule has 1 aromatic heterocycles. The van der Waals surface area contributed by atoms with Gasteiger partial charge < -0.3 is 11.1 Å². The highest BCUT2D eigenvalue weighted by Crippen LogP contribution is 2.10. The summed E-state index contributed by atoms with van der Waals surface area (Å²) in [6.07, 6.45) is 2.51. The molecule has 1 heterocycles. The Morgan fingerprint density at radius 3 is 3.05 bits per heavy atom. The van der Waals surface area contributed by atoms with Crippen LogP contribution in [-0.4, -0.2) is 24.0 Å². The van der Waals surface area contributed by atoms with Gasteiger partial charge in [0.15, 0.2) is 0 Å². The molecule has 0 atom stereocenters. The van der Waals surface area contributed by atoms with Gasteiger partial charge in [0, 0.05) is 35.7 Å². The van der Waals surface area contributed by atoms with E-state index in [4.69, 9.17) is 5.73 Å². The van der Waals surface area contributed by atoms with Crippen LogP contribution in [0.5, 0.6) is 0 Å². The van der Waals surface area contributed by atoms with E-state index in [1.165, 1.54) is 0 Å². The van der Waals surface area contributed by atoms with Crippen molar-refractivity contribution in [3.05, 3.63) is 51.5 Å². The van der Waals surface area contributed by atoms with Gasteiger partial charge in [0.05, 0.1) is 11.6 Å². The molecular weight excluding hydrogens is 282 g/mol. The predicted molar refractivity (Wildman–Crippen MR) is 85.3 cm³/mol. The standard InChI is InChI=1S/C16H17N3OS/c1-12-4-5-14(11-13(12)3-2-7-17)16(20)19-8-6-15-18-9-10-21-15/h4-5,9-11H,6-8,17H2,1H3,(H,19,20). The maximum Gasteiger partial charge on any atom is 0.251 e. The number of nitrogens with zero attached hydrogens (tertiary/aromatic N) is 1. The van der Waals surface area contributed by atoms with Gasteiger partial charge >= 0.3 is 0 Å². The predicted octanol–water partition coefficient (Wildman–Crippen LogP) is 1.73. The summed E-state index contributed by atoms with van der Waals surface area (Å²) in [4.78, 5) is 16.3. The molecule has 0 aliphatic carbocycles. The van der Waals surface area contributed by atoms with Crippen molar-refractivity contribution in [2.75, 3.05) is 13.1 Å². The first-order valence-electron chi connectivity index (χ1n) is 6.67. The van der Waals surface area contributed by atoms with Crippen LogP contribution in [0.25, 0.3) is 0 Å². The van der Waals surface area contributed by atoms with Crippen molar-refractivity contribution in [3.8, 4) is 11.8 Å². The Morgan fingerprint density at radius 1 is 1.48 bits per heavy atom. The lowest BCUT2D eigenvalue weighted by Gasteiger charge is -2.06. The Kier molecular flexibility index (Phi) is 5.50. The number of amides is 1. The third-order valence-electron chi connectivity index (χ3n) is 2.93. The molecule has 0 bridgehead atoms. The van der Waals surface area contributed by atoms with E-state index in [2.05, 4.69) is 22.1 Å². The van der Waals surface area contributed by atoms with Crippen LogP contribution in [-0.2, 0) is 6.42 Å².